The van der Waals surface area contributed by atoms with E-state index in [-0.39, 0.29) is 10.8 Å². The predicted molar refractivity (Wildman–Crippen MR) is 73.3 cm³/mol. The molecule has 0 saturated carbocycles. The van der Waals surface area contributed by atoms with Crippen molar-refractivity contribution in [2.24, 2.45) is 5.92 Å². The molecule has 0 heterocycles. The van der Waals surface area contributed by atoms with E-state index in [2.05, 4.69) is 4.89 Å². The van der Waals surface area contributed by atoms with Gasteiger partial charge in [-0.05, 0) is 36.6 Å². The summed E-state index contributed by atoms with van der Waals surface area (Å²) < 4.78 is 29.1. The summed E-state index contributed by atoms with van der Waals surface area (Å²) in [7, 11) is -3.62. The molecule has 0 aromatic heterocycles. The zero-order valence-electron chi connectivity index (χ0n) is 11.5. The van der Waals surface area contributed by atoms with E-state index in [4.69, 9.17) is 9.57 Å². The number of nitrogens with one attached hydrogen (secondary N) is 1. The molecule has 5 nitrogen and oxygen atoms in total. The maximum absolute atomic E-state index is 11.9. The zero-order chi connectivity index (χ0) is 14.3. The van der Waals surface area contributed by atoms with Crippen LogP contribution in [0.3, 0.4) is 0 Å². The van der Waals surface area contributed by atoms with Gasteiger partial charge in [0.2, 0.25) is 0 Å². The average Bonchev–Trinajstić information content (AvgIpc) is 2.36. The molecule has 0 amide bonds. The summed E-state index contributed by atoms with van der Waals surface area (Å²) >= 11 is 0. The van der Waals surface area contributed by atoms with Gasteiger partial charge in [0.05, 0.1) is 18.1 Å². The lowest BCUT2D eigenvalue weighted by Gasteiger charge is -2.09. The molecule has 1 aromatic rings. The number of sulfonamides is 1. The van der Waals surface area contributed by atoms with E-state index in [1.165, 1.54) is 12.1 Å². The second kappa shape index (κ2) is 7.47. The molecule has 108 valence electrons. The fraction of sp³-hybridized carbons (Fsp3) is 0.538. The fourth-order valence-corrected chi connectivity index (χ4v) is 2.08. The largest absolute Gasteiger partial charge is 0.494 e. The molecule has 0 bridgehead atoms. The third kappa shape index (κ3) is 5.59. The highest BCUT2D eigenvalue weighted by atomic mass is 32.2. The number of hydrogen-bond donors (Lipinski definition) is 1. The quantitative estimate of drug-likeness (QED) is 0.745. The molecule has 1 rings (SSSR count). The van der Waals surface area contributed by atoms with Gasteiger partial charge in [0, 0.05) is 0 Å². The number of benzene rings is 1. The lowest BCUT2D eigenvalue weighted by atomic mass is 10.2. The van der Waals surface area contributed by atoms with Gasteiger partial charge in [-0.25, -0.2) is 8.42 Å². The van der Waals surface area contributed by atoms with E-state index in [0.717, 1.165) is 6.42 Å². The molecule has 0 atom stereocenters. The van der Waals surface area contributed by atoms with E-state index in [1.807, 2.05) is 20.8 Å². The average molecular weight is 287 g/mol. The third-order valence-electron chi connectivity index (χ3n) is 2.19. The molecule has 1 aromatic carbocycles. The van der Waals surface area contributed by atoms with E-state index in [0.29, 0.717) is 19.0 Å². The van der Waals surface area contributed by atoms with E-state index < -0.39 is 10.0 Å². The Balaban J connectivity index is 2.63. The summed E-state index contributed by atoms with van der Waals surface area (Å²) in [6.07, 6.45) is 0.907. The van der Waals surface area contributed by atoms with Gasteiger partial charge in [-0.3, -0.25) is 4.84 Å². The van der Waals surface area contributed by atoms with Gasteiger partial charge in [-0.2, -0.15) is 0 Å². The minimum absolute atomic E-state index is 0.153. The molecule has 19 heavy (non-hydrogen) atoms. The van der Waals surface area contributed by atoms with Crippen LogP contribution >= 0.6 is 0 Å². The number of ether oxygens (including phenoxy) is 1. The van der Waals surface area contributed by atoms with Crippen molar-refractivity contribution in [1.82, 2.24) is 4.89 Å². The van der Waals surface area contributed by atoms with Gasteiger partial charge < -0.3 is 4.74 Å². The minimum atomic E-state index is -3.62. The van der Waals surface area contributed by atoms with E-state index in [9.17, 15) is 8.42 Å². The summed E-state index contributed by atoms with van der Waals surface area (Å²) in [5, 5.41) is 0. The molecule has 1 N–H and O–H groups in total. The lowest BCUT2D eigenvalue weighted by Crippen LogP contribution is -2.25. The summed E-state index contributed by atoms with van der Waals surface area (Å²) in [5.41, 5.74) is 0. The second-order valence-electron chi connectivity index (χ2n) is 4.61. The first-order valence-corrected chi connectivity index (χ1v) is 7.80. The van der Waals surface area contributed by atoms with Crippen LogP contribution in [0.4, 0.5) is 0 Å². The molecule has 0 aliphatic rings. The first-order chi connectivity index (χ1) is 8.95. The summed E-state index contributed by atoms with van der Waals surface area (Å²) in [6.45, 7) is 6.83. The summed E-state index contributed by atoms with van der Waals surface area (Å²) in [6, 6.07) is 6.25. The van der Waals surface area contributed by atoms with Crippen molar-refractivity contribution in [3.63, 3.8) is 0 Å². The highest BCUT2D eigenvalue weighted by Crippen LogP contribution is 2.16. The standard InChI is InChI=1S/C13H21NO4S/c1-4-9-17-12-5-7-13(8-6-12)19(15,16)14-18-10-11(2)3/h5-8,11,14H,4,9-10H2,1-3H3. The maximum Gasteiger partial charge on any atom is 0.262 e. The molecular weight excluding hydrogens is 266 g/mol. The Hall–Kier alpha value is -1.11. The molecule has 0 radical (unpaired) electrons. The Morgan fingerprint density at radius 1 is 1.21 bits per heavy atom. The van der Waals surface area contributed by atoms with Crippen LogP contribution in [0.1, 0.15) is 27.2 Å². The van der Waals surface area contributed by atoms with Crippen LogP contribution in [0, 0.1) is 5.92 Å². The molecule has 0 aliphatic carbocycles. The Bertz CT molecular complexity index is 468. The normalized spacial score (nSPS) is 11.8. The van der Waals surface area contributed by atoms with Crippen molar-refractivity contribution < 1.29 is 18.0 Å². The summed E-state index contributed by atoms with van der Waals surface area (Å²) in [4.78, 5) is 7.19. The maximum atomic E-state index is 11.9. The molecule has 6 heteroatoms. The van der Waals surface area contributed by atoms with E-state index in [1.54, 1.807) is 12.1 Å². The van der Waals surface area contributed by atoms with Crippen molar-refractivity contribution in [2.75, 3.05) is 13.2 Å². The van der Waals surface area contributed by atoms with Gasteiger partial charge >= 0.3 is 0 Å². The van der Waals surface area contributed by atoms with Crippen molar-refractivity contribution in [2.45, 2.75) is 32.1 Å². The van der Waals surface area contributed by atoms with Crippen LogP contribution in [-0.2, 0) is 14.9 Å². The Labute approximate surface area is 114 Å². The Kier molecular flexibility index (Phi) is 6.27. The zero-order valence-corrected chi connectivity index (χ0v) is 12.4. The van der Waals surface area contributed by atoms with Gasteiger partial charge in [0.25, 0.3) is 10.0 Å². The van der Waals surface area contributed by atoms with Crippen LogP contribution < -0.4 is 9.62 Å². The van der Waals surface area contributed by atoms with Crippen LogP contribution in [0.25, 0.3) is 0 Å². The monoisotopic (exact) mass is 287 g/mol. The topological polar surface area (TPSA) is 64.6 Å². The number of hydrogen-bond acceptors (Lipinski definition) is 4. The molecule has 0 unspecified atom stereocenters. The molecule has 0 spiro atoms. The van der Waals surface area contributed by atoms with Crippen LogP contribution in [0.15, 0.2) is 29.2 Å². The SMILES string of the molecule is CCCOc1ccc(S(=O)(=O)NOCC(C)C)cc1. The lowest BCUT2D eigenvalue weighted by molar-refractivity contribution is 0.0718. The Morgan fingerprint density at radius 3 is 2.37 bits per heavy atom. The highest BCUT2D eigenvalue weighted by molar-refractivity contribution is 7.89. The highest BCUT2D eigenvalue weighted by Gasteiger charge is 2.14. The second-order valence-corrected chi connectivity index (χ2v) is 6.26. The van der Waals surface area contributed by atoms with Gasteiger partial charge in [0.1, 0.15) is 5.75 Å². The predicted octanol–water partition coefficient (Wildman–Crippen LogP) is 2.34. The molecular formula is C13H21NO4S. The van der Waals surface area contributed by atoms with Crippen molar-refractivity contribution in [3.05, 3.63) is 24.3 Å². The van der Waals surface area contributed by atoms with Gasteiger partial charge in [-0.15, -0.1) is 0 Å². The van der Waals surface area contributed by atoms with Gasteiger partial charge in [0.15, 0.2) is 0 Å². The van der Waals surface area contributed by atoms with Gasteiger partial charge in [-0.1, -0.05) is 25.7 Å². The van der Waals surface area contributed by atoms with Crippen LogP contribution in [0.2, 0.25) is 0 Å². The fourth-order valence-electron chi connectivity index (χ4n) is 1.26. The van der Waals surface area contributed by atoms with Crippen molar-refractivity contribution >= 4 is 10.0 Å². The van der Waals surface area contributed by atoms with Crippen LogP contribution in [-0.4, -0.2) is 21.6 Å². The molecule has 0 aliphatic heterocycles. The molecule has 0 fully saturated rings. The van der Waals surface area contributed by atoms with Crippen LogP contribution in [0.5, 0.6) is 5.75 Å². The van der Waals surface area contributed by atoms with Crippen molar-refractivity contribution in [3.8, 4) is 5.75 Å². The van der Waals surface area contributed by atoms with E-state index >= 15 is 0 Å². The number of rotatable bonds is 8. The van der Waals surface area contributed by atoms with Crippen molar-refractivity contribution in [1.29, 1.82) is 0 Å². The first kappa shape index (κ1) is 15.9. The minimum Gasteiger partial charge on any atom is -0.494 e. The molecule has 0 saturated heterocycles. The summed E-state index contributed by atoms with van der Waals surface area (Å²) in [5.74, 6) is 0.913. The Morgan fingerprint density at radius 2 is 1.84 bits per heavy atom. The third-order valence-corrected chi connectivity index (χ3v) is 3.42. The smallest absolute Gasteiger partial charge is 0.262 e. The first-order valence-electron chi connectivity index (χ1n) is 6.32.